The second kappa shape index (κ2) is 5.47. The highest BCUT2D eigenvalue weighted by atomic mass is 19.1. The van der Waals surface area contributed by atoms with Crippen LogP contribution in [0.5, 0.6) is 0 Å². The third kappa shape index (κ3) is 2.71. The Morgan fingerprint density at radius 3 is 2.69 bits per heavy atom. The number of halogens is 1. The maximum absolute atomic E-state index is 13.4. The van der Waals surface area contributed by atoms with Gasteiger partial charge in [-0.3, -0.25) is 0 Å². The molecule has 0 spiro atoms. The third-order valence-electron chi connectivity index (χ3n) is 2.46. The van der Waals surface area contributed by atoms with Crippen LogP contribution in [0.1, 0.15) is 13.3 Å². The second-order valence-electron chi connectivity index (χ2n) is 3.59. The topological polar surface area (TPSA) is 45.0 Å². The molecule has 3 nitrogen and oxygen atoms in total. The summed E-state index contributed by atoms with van der Waals surface area (Å²) in [5.74, 6) is -0.369. The molecule has 4 heteroatoms. The highest BCUT2D eigenvalue weighted by Gasteiger charge is 2.28. The predicted octanol–water partition coefficient (Wildman–Crippen LogP) is 2.56. The van der Waals surface area contributed by atoms with E-state index in [0.29, 0.717) is 12.1 Å². The molecule has 0 fully saturated rings. The molecule has 0 saturated heterocycles. The Balaban J connectivity index is 2.93. The molecule has 0 saturated carbocycles. The molecule has 1 N–H and O–H groups in total. The molecule has 0 aliphatic carbocycles. The van der Waals surface area contributed by atoms with Gasteiger partial charge in [0.25, 0.3) is 0 Å². The number of nitrogens with one attached hydrogen (secondary N) is 1. The molecule has 0 aliphatic rings. The smallest absolute Gasteiger partial charge is 0.148 e. The Hall–Kier alpha value is -1.60. The summed E-state index contributed by atoms with van der Waals surface area (Å²) in [5, 5.41) is 12.0. The molecule has 0 heterocycles. The minimum atomic E-state index is -0.878. The van der Waals surface area contributed by atoms with Crippen LogP contribution < -0.4 is 5.32 Å². The van der Waals surface area contributed by atoms with Crippen LogP contribution in [0.2, 0.25) is 0 Å². The Morgan fingerprint density at radius 2 is 2.19 bits per heavy atom. The molecule has 1 aromatic carbocycles. The molecule has 86 valence electrons. The lowest BCUT2D eigenvalue weighted by Gasteiger charge is -2.26. The lowest BCUT2D eigenvalue weighted by atomic mass is 9.99. The molecule has 1 unspecified atom stereocenters. The minimum Gasteiger partial charge on any atom is -0.381 e. The molecule has 0 bridgehead atoms. The molecule has 1 aromatic rings. The number of methoxy groups -OCH3 is 1. The zero-order chi connectivity index (χ0) is 12.0. The fraction of sp³-hybridized carbons (Fsp3) is 0.417. The molecule has 0 aromatic heterocycles. The van der Waals surface area contributed by atoms with Gasteiger partial charge >= 0.3 is 0 Å². The molecular formula is C12H15FN2O. The molecule has 0 amide bonds. The van der Waals surface area contributed by atoms with E-state index < -0.39 is 5.54 Å². The van der Waals surface area contributed by atoms with Crippen LogP contribution in [-0.4, -0.2) is 19.3 Å². The maximum Gasteiger partial charge on any atom is 0.148 e. The largest absolute Gasteiger partial charge is 0.381 e. The molecule has 0 aliphatic heterocycles. The number of rotatable bonds is 5. The normalized spacial score (nSPS) is 13.9. The van der Waals surface area contributed by atoms with Crippen LogP contribution in [0.15, 0.2) is 24.3 Å². The number of para-hydroxylation sites is 1. The average Bonchev–Trinajstić information content (AvgIpc) is 2.31. The van der Waals surface area contributed by atoms with Gasteiger partial charge in [-0.1, -0.05) is 19.1 Å². The number of ether oxygens (including phenoxy) is 1. The number of nitriles is 1. The minimum absolute atomic E-state index is 0.217. The summed E-state index contributed by atoms with van der Waals surface area (Å²) >= 11 is 0. The Bertz CT molecular complexity index is 389. The fourth-order valence-corrected chi connectivity index (χ4v) is 1.43. The first-order valence-electron chi connectivity index (χ1n) is 5.10. The van der Waals surface area contributed by atoms with E-state index in [1.807, 2.05) is 6.92 Å². The molecule has 1 rings (SSSR count). The van der Waals surface area contributed by atoms with E-state index in [0.717, 1.165) is 0 Å². The first-order valence-corrected chi connectivity index (χ1v) is 5.10. The Morgan fingerprint density at radius 1 is 1.50 bits per heavy atom. The van der Waals surface area contributed by atoms with Crippen molar-refractivity contribution in [3.05, 3.63) is 30.1 Å². The van der Waals surface area contributed by atoms with Gasteiger partial charge in [-0.25, -0.2) is 4.39 Å². The summed E-state index contributed by atoms with van der Waals surface area (Å²) in [6, 6.07) is 8.42. The monoisotopic (exact) mass is 222 g/mol. The van der Waals surface area contributed by atoms with Crippen molar-refractivity contribution in [2.75, 3.05) is 19.0 Å². The van der Waals surface area contributed by atoms with E-state index in [9.17, 15) is 4.39 Å². The van der Waals surface area contributed by atoms with Crippen molar-refractivity contribution in [1.82, 2.24) is 0 Å². The van der Waals surface area contributed by atoms with Crippen LogP contribution in [0.3, 0.4) is 0 Å². The number of nitrogens with zero attached hydrogens (tertiary/aromatic N) is 1. The van der Waals surface area contributed by atoms with Crippen molar-refractivity contribution in [3.8, 4) is 6.07 Å². The van der Waals surface area contributed by atoms with E-state index >= 15 is 0 Å². The van der Waals surface area contributed by atoms with Crippen molar-refractivity contribution in [1.29, 1.82) is 5.26 Å². The predicted molar refractivity (Wildman–Crippen MR) is 60.5 cm³/mol. The Kier molecular flexibility index (Phi) is 4.27. The summed E-state index contributed by atoms with van der Waals surface area (Å²) in [4.78, 5) is 0. The lowest BCUT2D eigenvalue weighted by Crippen LogP contribution is -2.40. The van der Waals surface area contributed by atoms with Crippen LogP contribution in [0, 0.1) is 17.1 Å². The van der Waals surface area contributed by atoms with Crippen molar-refractivity contribution < 1.29 is 9.13 Å². The standard InChI is InChI=1S/C12H15FN2O/c1-3-12(8-14,9-16-2)15-11-7-5-4-6-10(11)13/h4-7,15H,3,9H2,1-2H3. The van der Waals surface area contributed by atoms with Crippen molar-refractivity contribution in [3.63, 3.8) is 0 Å². The first-order chi connectivity index (χ1) is 7.67. The summed E-state index contributed by atoms with van der Waals surface area (Å²) in [5.41, 5.74) is -0.556. The van der Waals surface area contributed by atoms with E-state index in [4.69, 9.17) is 10.00 Å². The van der Waals surface area contributed by atoms with Gasteiger partial charge in [0.2, 0.25) is 0 Å². The van der Waals surface area contributed by atoms with Crippen LogP contribution in [0.25, 0.3) is 0 Å². The number of anilines is 1. The second-order valence-corrected chi connectivity index (χ2v) is 3.59. The molecule has 16 heavy (non-hydrogen) atoms. The van der Waals surface area contributed by atoms with Gasteiger partial charge in [-0.15, -0.1) is 0 Å². The highest BCUT2D eigenvalue weighted by Crippen LogP contribution is 2.21. The van der Waals surface area contributed by atoms with E-state index in [2.05, 4.69) is 11.4 Å². The quantitative estimate of drug-likeness (QED) is 0.832. The lowest BCUT2D eigenvalue weighted by molar-refractivity contribution is 0.162. The summed E-state index contributed by atoms with van der Waals surface area (Å²) in [6.07, 6.45) is 0.533. The number of benzene rings is 1. The summed E-state index contributed by atoms with van der Waals surface area (Å²) in [7, 11) is 1.52. The van der Waals surface area contributed by atoms with Crippen LogP contribution >= 0.6 is 0 Å². The fourth-order valence-electron chi connectivity index (χ4n) is 1.43. The number of hydrogen-bond donors (Lipinski definition) is 1. The van der Waals surface area contributed by atoms with E-state index in [1.165, 1.54) is 13.2 Å². The van der Waals surface area contributed by atoms with Crippen molar-refractivity contribution in [2.24, 2.45) is 0 Å². The zero-order valence-corrected chi connectivity index (χ0v) is 9.46. The van der Waals surface area contributed by atoms with Gasteiger partial charge in [-0.2, -0.15) is 5.26 Å². The maximum atomic E-state index is 13.4. The highest BCUT2D eigenvalue weighted by molar-refractivity contribution is 5.48. The van der Waals surface area contributed by atoms with Crippen molar-refractivity contribution in [2.45, 2.75) is 18.9 Å². The third-order valence-corrected chi connectivity index (χ3v) is 2.46. The van der Waals surface area contributed by atoms with Gasteiger partial charge in [0, 0.05) is 7.11 Å². The number of hydrogen-bond acceptors (Lipinski definition) is 3. The Labute approximate surface area is 94.8 Å². The SMILES string of the molecule is CCC(C#N)(COC)Nc1ccccc1F. The van der Waals surface area contributed by atoms with E-state index in [-0.39, 0.29) is 12.4 Å². The van der Waals surface area contributed by atoms with Gasteiger partial charge in [-0.05, 0) is 18.6 Å². The summed E-state index contributed by atoms with van der Waals surface area (Å²) < 4.78 is 18.4. The molecular weight excluding hydrogens is 207 g/mol. The van der Waals surface area contributed by atoms with Crippen LogP contribution in [-0.2, 0) is 4.74 Å². The van der Waals surface area contributed by atoms with Gasteiger partial charge in [0.05, 0.1) is 18.4 Å². The van der Waals surface area contributed by atoms with Gasteiger partial charge < -0.3 is 10.1 Å². The first kappa shape index (κ1) is 12.5. The van der Waals surface area contributed by atoms with Crippen molar-refractivity contribution >= 4 is 5.69 Å². The van der Waals surface area contributed by atoms with Crippen LogP contribution in [0.4, 0.5) is 10.1 Å². The summed E-state index contributed by atoms with van der Waals surface area (Å²) in [6.45, 7) is 2.07. The zero-order valence-electron chi connectivity index (χ0n) is 9.46. The molecule has 1 atom stereocenters. The average molecular weight is 222 g/mol. The van der Waals surface area contributed by atoms with E-state index in [1.54, 1.807) is 18.2 Å². The molecule has 0 radical (unpaired) electrons. The van der Waals surface area contributed by atoms with Gasteiger partial charge in [0.15, 0.2) is 0 Å². The van der Waals surface area contributed by atoms with Gasteiger partial charge in [0.1, 0.15) is 11.4 Å².